The highest BCUT2D eigenvalue weighted by Gasteiger charge is 1.93. The van der Waals surface area contributed by atoms with Gasteiger partial charge >= 0.3 is 0 Å². The summed E-state index contributed by atoms with van der Waals surface area (Å²) in [6, 6.07) is 0. The Bertz CT molecular complexity index is 20.5. The molecule has 1 aliphatic rings. The second-order valence-electron chi connectivity index (χ2n) is 1.81. The van der Waals surface area contributed by atoms with Crippen LogP contribution >= 0.6 is 0 Å². The lowest BCUT2D eigenvalue weighted by Gasteiger charge is -2.08. The number of nitrogens with one attached hydrogen (secondary N) is 1. The Kier molecular flexibility index (Phi) is 103. The average molecular weight is 181 g/mol. The zero-order chi connectivity index (χ0) is 4.24. The lowest BCUT2D eigenvalue weighted by molar-refractivity contribution is 0.520. The molecule has 1 heteroatoms. The molecule has 1 aliphatic heterocycles. The molecule has 1 rings (SSSR count). The van der Waals surface area contributed by atoms with Gasteiger partial charge in [-0.3, -0.25) is 0 Å². The first-order valence-corrected chi connectivity index (χ1v) is 2.71. The van der Waals surface area contributed by atoms with Crippen LogP contribution in [0, 0.1) is 0 Å². The third-order valence-corrected chi connectivity index (χ3v) is 1.21. The fourth-order valence-corrected chi connectivity index (χ4v) is 0.802. The van der Waals surface area contributed by atoms with E-state index >= 15 is 0 Å². The predicted octanol–water partition coefficient (Wildman–Crippen LogP) is 4.58. The smallest absolute Gasteiger partial charge is 0.00489 e. The standard InChI is InChI=1S/C5H11N.6CH4/c1-2-4-6-5-3-1;;;;;;/h6H,1-5H2;6*1H4. The van der Waals surface area contributed by atoms with Gasteiger partial charge in [0.25, 0.3) is 0 Å². The van der Waals surface area contributed by atoms with E-state index in [1.54, 1.807) is 0 Å². The first kappa shape index (κ1) is 40.4. The van der Waals surface area contributed by atoms with Crippen molar-refractivity contribution in [2.45, 2.75) is 63.8 Å². The predicted molar refractivity (Wildman–Crippen MR) is 67.1 cm³/mol. The normalized spacial score (nSPS) is 12.0. The monoisotopic (exact) mass is 181 g/mol. The molecule has 1 nitrogen and oxygen atoms in total. The minimum absolute atomic E-state index is 0. The molecule has 0 radical (unpaired) electrons. The van der Waals surface area contributed by atoms with Crippen LogP contribution in [0.5, 0.6) is 0 Å². The van der Waals surface area contributed by atoms with Crippen LogP contribution in [-0.2, 0) is 0 Å². The van der Waals surface area contributed by atoms with Crippen LogP contribution in [0.25, 0.3) is 0 Å². The summed E-state index contributed by atoms with van der Waals surface area (Å²) < 4.78 is 0. The largest absolute Gasteiger partial charge is 0.317 e. The molecule has 0 atom stereocenters. The van der Waals surface area contributed by atoms with E-state index in [0.29, 0.717) is 0 Å². The van der Waals surface area contributed by atoms with Gasteiger partial charge in [-0.2, -0.15) is 0 Å². The number of hydrogen-bond donors (Lipinski definition) is 1. The first-order chi connectivity index (χ1) is 3.00. The Labute approximate surface area is 83.0 Å². The molecule has 84 valence electrons. The van der Waals surface area contributed by atoms with Gasteiger partial charge in [-0.05, 0) is 25.9 Å². The molecule has 1 N–H and O–H groups in total. The zero-order valence-electron chi connectivity index (χ0n) is 4.04. The van der Waals surface area contributed by atoms with Crippen molar-refractivity contribution < 1.29 is 0 Å². The van der Waals surface area contributed by atoms with Crippen molar-refractivity contribution in [2.75, 3.05) is 13.1 Å². The molecule has 0 amide bonds. The molecule has 0 unspecified atom stereocenters. The summed E-state index contributed by atoms with van der Waals surface area (Å²) in [5, 5.41) is 3.28. The van der Waals surface area contributed by atoms with Crippen LogP contribution < -0.4 is 5.32 Å². The zero-order valence-corrected chi connectivity index (χ0v) is 4.04. The van der Waals surface area contributed by atoms with E-state index in [0.717, 1.165) is 0 Å². The molecule has 0 aliphatic carbocycles. The number of hydrogen-bond acceptors (Lipinski definition) is 1. The lowest BCUT2D eigenvalue weighted by atomic mass is 10.2. The van der Waals surface area contributed by atoms with Gasteiger partial charge in [0.2, 0.25) is 0 Å². The molecule has 1 fully saturated rings. The average Bonchev–Trinajstić information content (AvgIpc) is 1.72. The Balaban J connectivity index is -0.0000000150. The molecular weight excluding hydrogens is 146 g/mol. The van der Waals surface area contributed by atoms with Crippen molar-refractivity contribution in [3.05, 3.63) is 0 Å². The van der Waals surface area contributed by atoms with Crippen molar-refractivity contribution in [2.24, 2.45) is 0 Å². The molecule has 0 aromatic heterocycles. The minimum Gasteiger partial charge on any atom is -0.317 e. The van der Waals surface area contributed by atoms with Gasteiger partial charge in [0.05, 0.1) is 0 Å². The Morgan fingerprint density at radius 1 is 0.500 bits per heavy atom. The van der Waals surface area contributed by atoms with Crippen LogP contribution in [0.1, 0.15) is 63.8 Å². The molecule has 1 saturated heterocycles. The van der Waals surface area contributed by atoms with Gasteiger partial charge in [-0.15, -0.1) is 0 Å². The highest BCUT2D eigenvalue weighted by Crippen LogP contribution is 1.96. The van der Waals surface area contributed by atoms with Crippen molar-refractivity contribution in [3.8, 4) is 0 Å². The molecule has 0 aromatic rings. The van der Waals surface area contributed by atoms with Gasteiger partial charge < -0.3 is 5.32 Å². The van der Waals surface area contributed by atoms with Crippen LogP contribution in [0.3, 0.4) is 0 Å². The van der Waals surface area contributed by atoms with Crippen molar-refractivity contribution in [1.29, 1.82) is 0 Å². The van der Waals surface area contributed by atoms with Gasteiger partial charge in [0.15, 0.2) is 0 Å². The van der Waals surface area contributed by atoms with E-state index in [1.807, 2.05) is 0 Å². The van der Waals surface area contributed by atoms with Gasteiger partial charge in [-0.1, -0.05) is 51.0 Å². The van der Waals surface area contributed by atoms with E-state index in [1.165, 1.54) is 32.4 Å². The Morgan fingerprint density at radius 3 is 0.917 bits per heavy atom. The number of rotatable bonds is 0. The topological polar surface area (TPSA) is 12.0 Å². The van der Waals surface area contributed by atoms with Crippen LogP contribution in [0.15, 0.2) is 0 Å². The van der Waals surface area contributed by atoms with E-state index < -0.39 is 0 Å². The molecule has 12 heavy (non-hydrogen) atoms. The summed E-state index contributed by atoms with van der Waals surface area (Å²) in [7, 11) is 0. The van der Waals surface area contributed by atoms with Crippen LogP contribution in [0.2, 0.25) is 0 Å². The first-order valence-electron chi connectivity index (χ1n) is 2.71. The van der Waals surface area contributed by atoms with Gasteiger partial charge in [-0.25, -0.2) is 0 Å². The van der Waals surface area contributed by atoms with E-state index in [4.69, 9.17) is 0 Å². The highest BCUT2D eigenvalue weighted by molar-refractivity contribution is 4.55. The third kappa shape index (κ3) is 22.5. The van der Waals surface area contributed by atoms with Crippen LogP contribution in [-0.4, -0.2) is 13.1 Å². The summed E-state index contributed by atoms with van der Waals surface area (Å²) >= 11 is 0. The van der Waals surface area contributed by atoms with Crippen molar-refractivity contribution in [1.82, 2.24) is 5.32 Å². The maximum Gasteiger partial charge on any atom is -0.00489 e. The molecule has 0 bridgehead atoms. The maximum absolute atomic E-state index is 3.28. The molecule has 1 heterocycles. The summed E-state index contributed by atoms with van der Waals surface area (Å²) in [6.07, 6.45) is 4.22. The van der Waals surface area contributed by atoms with Gasteiger partial charge in [0.1, 0.15) is 0 Å². The molecular formula is C11H35N. The Morgan fingerprint density at radius 2 is 0.833 bits per heavy atom. The minimum atomic E-state index is 0. The maximum atomic E-state index is 3.28. The number of piperidine rings is 1. The fraction of sp³-hybridized carbons (Fsp3) is 1.00. The fourth-order valence-electron chi connectivity index (χ4n) is 0.802. The third-order valence-electron chi connectivity index (χ3n) is 1.21. The van der Waals surface area contributed by atoms with Crippen molar-refractivity contribution >= 4 is 0 Å². The second kappa shape index (κ2) is 30.6. The summed E-state index contributed by atoms with van der Waals surface area (Å²) in [5.41, 5.74) is 0. The SMILES string of the molecule is C.C.C.C.C.C.C1CCNCC1. The van der Waals surface area contributed by atoms with Gasteiger partial charge in [0, 0.05) is 0 Å². The second-order valence-corrected chi connectivity index (χ2v) is 1.81. The molecule has 0 spiro atoms. The van der Waals surface area contributed by atoms with Crippen molar-refractivity contribution in [3.63, 3.8) is 0 Å². The summed E-state index contributed by atoms with van der Waals surface area (Å²) in [6.45, 7) is 2.50. The summed E-state index contributed by atoms with van der Waals surface area (Å²) in [4.78, 5) is 0. The highest BCUT2D eigenvalue weighted by atomic mass is 14.9. The molecule has 0 saturated carbocycles. The van der Waals surface area contributed by atoms with Crippen LogP contribution in [0.4, 0.5) is 0 Å². The molecule has 0 aromatic carbocycles. The Hall–Kier alpha value is -0.0400. The summed E-state index contributed by atoms with van der Waals surface area (Å²) in [5.74, 6) is 0. The van der Waals surface area contributed by atoms with E-state index in [2.05, 4.69) is 5.32 Å². The van der Waals surface area contributed by atoms with E-state index in [-0.39, 0.29) is 44.6 Å². The quantitative estimate of drug-likeness (QED) is 0.577. The van der Waals surface area contributed by atoms with E-state index in [9.17, 15) is 0 Å². The lowest BCUT2D eigenvalue weighted by Crippen LogP contribution is -2.21.